The predicted molar refractivity (Wildman–Crippen MR) is 122 cm³/mol. The van der Waals surface area contributed by atoms with Gasteiger partial charge in [0.05, 0.1) is 7.11 Å². The van der Waals surface area contributed by atoms with Gasteiger partial charge >= 0.3 is 0 Å². The molecule has 0 saturated heterocycles. The molecular weight excluding hydrogens is 400 g/mol. The van der Waals surface area contributed by atoms with E-state index in [0.29, 0.717) is 16.7 Å². The summed E-state index contributed by atoms with van der Waals surface area (Å²) in [5.74, 6) is 0.0564. The van der Waals surface area contributed by atoms with E-state index in [1.807, 2.05) is 30.8 Å². The molecule has 160 valence electrons. The maximum Gasteiger partial charge on any atom is 0.255 e. The molecule has 0 fully saturated rings. The monoisotopic (exact) mass is 428 g/mol. The number of hydrogen-bond donors (Lipinski definition) is 2. The van der Waals surface area contributed by atoms with E-state index in [-0.39, 0.29) is 12.5 Å². The minimum atomic E-state index is -0.570. The number of nitrogens with two attached hydrogens (primary N) is 1. The van der Waals surface area contributed by atoms with Crippen molar-refractivity contribution in [2.24, 2.45) is 5.73 Å². The van der Waals surface area contributed by atoms with Crippen LogP contribution in [-0.2, 0) is 9.59 Å². The molecule has 2 aromatic carbocycles. The molecular formula is C23H28N2O4S. The molecule has 30 heavy (non-hydrogen) atoms. The summed E-state index contributed by atoms with van der Waals surface area (Å²) in [5.41, 5.74) is 7.65. The Morgan fingerprint density at radius 1 is 1.20 bits per heavy atom. The van der Waals surface area contributed by atoms with Crippen LogP contribution < -0.4 is 20.5 Å². The highest BCUT2D eigenvalue weighted by Gasteiger charge is 2.08. The molecule has 1 unspecified atom stereocenters. The Morgan fingerprint density at radius 2 is 1.97 bits per heavy atom. The number of amides is 2. The number of benzene rings is 2. The topological polar surface area (TPSA) is 90.6 Å². The molecule has 0 aromatic heterocycles. The quantitative estimate of drug-likeness (QED) is 0.432. The Balaban J connectivity index is 2.03. The highest BCUT2D eigenvalue weighted by molar-refractivity contribution is 7.99. The van der Waals surface area contributed by atoms with Gasteiger partial charge in [0.2, 0.25) is 5.91 Å². The Hall–Kier alpha value is -2.93. The molecule has 2 amide bonds. The molecule has 1 atom stereocenters. The third-order valence-electron chi connectivity index (χ3n) is 4.35. The number of thioether (sulfide) groups is 1. The lowest BCUT2D eigenvalue weighted by atomic mass is 10.1. The third-order valence-corrected chi connectivity index (χ3v) is 5.61. The Kier molecular flexibility index (Phi) is 8.80. The van der Waals surface area contributed by atoms with Crippen LogP contribution in [0.25, 0.3) is 6.08 Å². The summed E-state index contributed by atoms with van der Waals surface area (Å²) in [4.78, 5) is 24.4. The summed E-state index contributed by atoms with van der Waals surface area (Å²) in [6.45, 7) is 6.12. The van der Waals surface area contributed by atoms with Crippen molar-refractivity contribution in [2.75, 3.05) is 19.0 Å². The summed E-state index contributed by atoms with van der Waals surface area (Å²) in [7, 11) is 1.50. The third kappa shape index (κ3) is 7.15. The van der Waals surface area contributed by atoms with E-state index in [2.05, 4.69) is 25.2 Å². The lowest BCUT2D eigenvalue weighted by Gasteiger charge is -2.12. The van der Waals surface area contributed by atoms with Crippen LogP contribution in [-0.4, -0.2) is 30.8 Å². The molecule has 0 aliphatic heterocycles. The number of aryl methyl sites for hydroxylation is 1. The number of anilines is 1. The highest BCUT2D eigenvalue weighted by Crippen LogP contribution is 2.29. The summed E-state index contributed by atoms with van der Waals surface area (Å²) in [6.07, 6.45) is 4.24. The minimum Gasteiger partial charge on any atom is -0.493 e. The Labute approximate surface area is 181 Å². The van der Waals surface area contributed by atoms with Gasteiger partial charge in [0.1, 0.15) is 0 Å². The van der Waals surface area contributed by atoms with Gasteiger partial charge in [0, 0.05) is 21.9 Å². The van der Waals surface area contributed by atoms with Crippen LogP contribution in [0.2, 0.25) is 0 Å². The second-order valence-corrected chi connectivity index (χ2v) is 8.31. The zero-order valence-electron chi connectivity index (χ0n) is 17.7. The lowest BCUT2D eigenvalue weighted by molar-refractivity contribution is -0.120. The van der Waals surface area contributed by atoms with Gasteiger partial charge in [-0.2, -0.15) is 0 Å². The van der Waals surface area contributed by atoms with Crippen molar-refractivity contribution in [1.82, 2.24) is 0 Å². The fourth-order valence-corrected chi connectivity index (χ4v) is 3.59. The van der Waals surface area contributed by atoms with Crippen LogP contribution in [0.15, 0.2) is 47.4 Å². The van der Waals surface area contributed by atoms with Crippen molar-refractivity contribution in [2.45, 2.75) is 37.3 Å². The molecule has 3 N–H and O–H groups in total. The van der Waals surface area contributed by atoms with Crippen LogP contribution in [0.4, 0.5) is 5.69 Å². The van der Waals surface area contributed by atoms with Gasteiger partial charge in [0.25, 0.3) is 5.91 Å². The molecule has 0 aliphatic carbocycles. The maximum atomic E-state index is 12.3. The first-order valence-corrected chi connectivity index (χ1v) is 10.6. The normalized spacial score (nSPS) is 11.9. The molecule has 0 heterocycles. The SMILES string of the molecule is CCC(C)Sc1ccc(NC(=O)/C=C/c2ccc(OCC(N)=O)c(OC)c2)c(C)c1. The van der Waals surface area contributed by atoms with Crippen molar-refractivity contribution in [3.8, 4) is 11.5 Å². The minimum absolute atomic E-state index is 0.228. The molecule has 7 heteroatoms. The molecule has 0 bridgehead atoms. The molecule has 0 spiro atoms. The standard InChI is InChI=1S/C23H28N2O4S/c1-5-16(3)30-18-8-9-19(15(2)12-18)25-23(27)11-7-17-6-10-20(21(13-17)28-4)29-14-22(24)26/h6-13,16H,5,14H2,1-4H3,(H2,24,26)(H,25,27)/b11-7+. The van der Waals surface area contributed by atoms with Crippen molar-refractivity contribution < 1.29 is 19.1 Å². The first-order valence-electron chi connectivity index (χ1n) is 9.67. The zero-order valence-corrected chi connectivity index (χ0v) is 18.5. The van der Waals surface area contributed by atoms with E-state index in [1.165, 1.54) is 18.1 Å². The van der Waals surface area contributed by atoms with E-state index in [9.17, 15) is 9.59 Å². The predicted octanol–water partition coefficient (Wildman–Crippen LogP) is 4.41. The van der Waals surface area contributed by atoms with E-state index >= 15 is 0 Å². The number of hydrogen-bond acceptors (Lipinski definition) is 5. The summed E-state index contributed by atoms with van der Waals surface area (Å²) in [5, 5.41) is 3.46. The molecule has 0 aliphatic rings. The molecule has 2 rings (SSSR count). The van der Waals surface area contributed by atoms with Gasteiger partial charge in [0.15, 0.2) is 18.1 Å². The maximum absolute atomic E-state index is 12.3. The van der Waals surface area contributed by atoms with Crippen LogP contribution in [0.1, 0.15) is 31.4 Å². The van der Waals surface area contributed by atoms with E-state index in [4.69, 9.17) is 15.2 Å². The number of carbonyl (C=O) groups excluding carboxylic acids is 2. The molecule has 6 nitrogen and oxygen atoms in total. The van der Waals surface area contributed by atoms with Gasteiger partial charge < -0.3 is 20.5 Å². The zero-order chi connectivity index (χ0) is 22.1. The summed E-state index contributed by atoms with van der Waals surface area (Å²) in [6, 6.07) is 11.2. The van der Waals surface area contributed by atoms with Gasteiger partial charge in [-0.3, -0.25) is 9.59 Å². The number of rotatable bonds is 10. The van der Waals surface area contributed by atoms with E-state index < -0.39 is 5.91 Å². The first-order chi connectivity index (χ1) is 14.3. The smallest absolute Gasteiger partial charge is 0.255 e. The van der Waals surface area contributed by atoms with Crippen LogP contribution in [0, 0.1) is 6.92 Å². The average molecular weight is 429 g/mol. The fourth-order valence-electron chi connectivity index (χ4n) is 2.57. The largest absolute Gasteiger partial charge is 0.493 e. The average Bonchev–Trinajstić information content (AvgIpc) is 2.72. The molecule has 2 aromatic rings. The second kappa shape index (κ2) is 11.3. The fraction of sp³-hybridized carbons (Fsp3) is 0.304. The van der Waals surface area contributed by atoms with Gasteiger partial charge in [-0.1, -0.05) is 19.9 Å². The van der Waals surface area contributed by atoms with Gasteiger partial charge in [-0.05, 0) is 60.9 Å². The first kappa shape index (κ1) is 23.3. The van der Waals surface area contributed by atoms with Gasteiger partial charge in [-0.25, -0.2) is 0 Å². The Bertz CT molecular complexity index is 927. The molecule has 0 saturated carbocycles. The van der Waals surface area contributed by atoms with E-state index in [1.54, 1.807) is 24.3 Å². The number of nitrogens with one attached hydrogen (secondary N) is 1. The lowest BCUT2D eigenvalue weighted by Crippen LogP contribution is -2.20. The highest BCUT2D eigenvalue weighted by atomic mass is 32.2. The van der Waals surface area contributed by atoms with Crippen LogP contribution >= 0.6 is 11.8 Å². The number of primary amides is 1. The van der Waals surface area contributed by atoms with Crippen molar-refractivity contribution >= 4 is 35.3 Å². The summed E-state index contributed by atoms with van der Waals surface area (Å²) < 4.78 is 10.6. The van der Waals surface area contributed by atoms with Crippen molar-refractivity contribution in [3.05, 3.63) is 53.6 Å². The molecule has 0 radical (unpaired) electrons. The van der Waals surface area contributed by atoms with Crippen molar-refractivity contribution in [3.63, 3.8) is 0 Å². The van der Waals surface area contributed by atoms with E-state index in [0.717, 1.165) is 23.2 Å². The second-order valence-electron chi connectivity index (χ2n) is 6.80. The van der Waals surface area contributed by atoms with Crippen LogP contribution in [0.5, 0.6) is 11.5 Å². The number of ether oxygens (including phenoxy) is 2. The number of carbonyl (C=O) groups is 2. The van der Waals surface area contributed by atoms with Crippen LogP contribution in [0.3, 0.4) is 0 Å². The Morgan fingerprint density at radius 3 is 2.60 bits per heavy atom. The van der Waals surface area contributed by atoms with Crippen molar-refractivity contribution in [1.29, 1.82) is 0 Å². The summed E-state index contributed by atoms with van der Waals surface area (Å²) >= 11 is 1.83. The van der Waals surface area contributed by atoms with Gasteiger partial charge in [-0.15, -0.1) is 11.8 Å². The number of methoxy groups -OCH3 is 1.